The first-order valence-corrected chi connectivity index (χ1v) is 7.76. The van der Waals surface area contributed by atoms with Gasteiger partial charge in [-0.15, -0.1) is 0 Å². The van der Waals surface area contributed by atoms with Crippen molar-refractivity contribution in [3.8, 4) is 0 Å². The normalized spacial score (nSPS) is 32.1. The molecule has 17 heavy (non-hydrogen) atoms. The van der Waals surface area contributed by atoms with Crippen LogP contribution in [0.15, 0.2) is 4.99 Å². The number of thioether (sulfide) groups is 1. The lowest BCUT2D eigenvalue weighted by atomic mass is 10.00. The van der Waals surface area contributed by atoms with Crippen LogP contribution in [0.5, 0.6) is 0 Å². The summed E-state index contributed by atoms with van der Waals surface area (Å²) in [7, 11) is 0. The minimum Gasteiger partial charge on any atom is -0.370 e. The molecule has 0 spiro atoms. The average Bonchev–Trinajstić information content (AvgIpc) is 2.75. The van der Waals surface area contributed by atoms with Crippen LogP contribution in [-0.2, 0) is 0 Å². The van der Waals surface area contributed by atoms with E-state index < -0.39 is 0 Å². The van der Waals surface area contributed by atoms with E-state index in [1.165, 1.54) is 31.4 Å². The Balaban J connectivity index is 1.84. The molecule has 2 heterocycles. The molecule has 2 rings (SSSR count). The van der Waals surface area contributed by atoms with E-state index in [0.717, 1.165) is 31.5 Å². The molecule has 0 aromatic heterocycles. The van der Waals surface area contributed by atoms with Gasteiger partial charge in [0.1, 0.15) is 0 Å². The van der Waals surface area contributed by atoms with Gasteiger partial charge in [0.05, 0.1) is 6.54 Å². The number of guanidine groups is 1. The van der Waals surface area contributed by atoms with Gasteiger partial charge in [0.2, 0.25) is 0 Å². The summed E-state index contributed by atoms with van der Waals surface area (Å²) >= 11 is 2.05. The Morgan fingerprint density at radius 2 is 2.18 bits per heavy atom. The number of nitrogens with two attached hydrogens (primary N) is 1. The van der Waals surface area contributed by atoms with Crippen molar-refractivity contribution < 1.29 is 0 Å². The largest absolute Gasteiger partial charge is 0.370 e. The number of piperidine rings is 1. The fourth-order valence-corrected chi connectivity index (χ4v) is 3.77. The van der Waals surface area contributed by atoms with Gasteiger partial charge in [-0.05, 0) is 44.3 Å². The topological polar surface area (TPSA) is 41.6 Å². The van der Waals surface area contributed by atoms with Crippen LogP contribution in [0.4, 0.5) is 0 Å². The van der Waals surface area contributed by atoms with E-state index in [1.54, 1.807) is 0 Å². The predicted molar refractivity (Wildman–Crippen MR) is 76.6 cm³/mol. The van der Waals surface area contributed by atoms with Crippen molar-refractivity contribution in [3.63, 3.8) is 0 Å². The summed E-state index contributed by atoms with van der Waals surface area (Å²) in [6, 6.07) is 0. The lowest BCUT2D eigenvalue weighted by molar-refractivity contribution is 0.277. The maximum absolute atomic E-state index is 6.10. The number of aliphatic imine (C=N–C) groups is 1. The lowest BCUT2D eigenvalue weighted by Crippen LogP contribution is -2.43. The van der Waals surface area contributed by atoms with Gasteiger partial charge >= 0.3 is 0 Å². The fourth-order valence-electron chi connectivity index (χ4n) is 2.55. The van der Waals surface area contributed by atoms with Crippen LogP contribution < -0.4 is 5.73 Å². The van der Waals surface area contributed by atoms with Crippen LogP contribution in [-0.4, -0.2) is 41.0 Å². The maximum atomic E-state index is 6.10. The zero-order valence-corrected chi connectivity index (χ0v) is 11.9. The molecule has 2 aliphatic heterocycles. The molecule has 0 saturated carbocycles. The Bertz CT molecular complexity index is 276. The summed E-state index contributed by atoms with van der Waals surface area (Å²) in [5.41, 5.74) is 6.10. The molecule has 4 heteroatoms. The summed E-state index contributed by atoms with van der Waals surface area (Å²) in [5, 5.41) is 0. The Morgan fingerprint density at radius 3 is 2.76 bits per heavy atom. The second-order valence-corrected chi connectivity index (χ2v) is 7.43. The molecule has 1 unspecified atom stereocenters. The monoisotopic (exact) mass is 255 g/mol. The molecule has 0 aromatic rings. The van der Waals surface area contributed by atoms with Gasteiger partial charge in [-0.3, -0.25) is 4.99 Å². The van der Waals surface area contributed by atoms with E-state index in [-0.39, 0.29) is 0 Å². The summed E-state index contributed by atoms with van der Waals surface area (Å²) in [6.45, 7) is 7.69. The SMILES string of the molecule is CC1CCN(C(N)=NCC2(C)CCCS2)CC1. The minimum absolute atomic E-state index is 0.341. The van der Waals surface area contributed by atoms with Crippen molar-refractivity contribution in [2.75, 3.05) is 25.4 Å². The van der Waals surface area contributed by atoms with Crippen LogP contribution in [0, 0.1) is 5.92 Å². The lowest BCUT2D eigenvalue weighted by Gasteiger charge is -2.31. The second kappa shape index (κ2) is 5.51. The summed E-state index contributed by atoms with van der Waals surface area (Å²) in [4.78, 5) is 6.88. The van der Waals surface area contributed by atoms with Gasteiger partial charge in [-0.2, -0.15) is 11.8 Å². The molecule has 2 N–H and O–H groups in total. The highest BCUT2D eigenvalue weighted by Gasteiger charge is 2.29. The third-order valence-corrected chi connectivity index (χ3v) is 5.51. The van der Waals surface area contributed by atoms with E-state index in [4.69, 9.17) is 5.73 Å². The van der Waals surface area contributed by atoms with Gasteiger partial charge in [0, 0.05) is 17.8 Å². The first kappa shape index (κ1) is 13.1. The highest BCUT2D eigenvalue weighted by atomic mass is 32.2. The Kier molecular flexibility index (Phi) is 4.23. The van der Waals surface area contributed by atoms with E-state index in [9.17, 15) is 0 Å². The van der Waals surface area contributed by atoms with Gasteiger partial charge in [0.25, 0.3) is 0 Å². The summed E-state index contributed by atoms with van der Waals surface area (Å²) < 4.78 is 0.341. The maximum Gasteiger partial charge on any atom is 0.191 e. The number of likely N-dealkylation sites (tertiary alicyclic amines) is 1. The molecule has 2 saturated heterocycles. The van der Waals surface area contributed by atoms with E-state index in [2.05, 4.69) is 35.5 Å². The average molecular weight is 255 g/mol. The van der Waals surface area contributed by atoms with Crippen molar-refractivity contribution >= 4 is 17.7 Å². The smallest absolute Gasteiger partial charge is 0.191 e. The number of hydrogen-bond acceptors (Lipinski definition) is 2. The Hall–Kier alpha value is -0.380. The highest BCUT2D eigenvalue weighted by molar-refractivity contribution is 8.00. The number of rotatable bonds is 2. The Labute approximate surface area is 109 Å². The van der Waals surface area contributed by atoms with E-state index in [1.807, 2.05) is 0 Å². The zero-order valence-electron chi connectivity index (χ0n) is 11.1. The predicted octanol–water partition coefficient (Wildman–Crippen LogP) is 2.32. The van der Waals surface area contributed by atoms with Gasteiger partial charge < -0.3 is 10.6 Å². The molecule has 0 aliphatic carbocycles. The summed E-state index contributed by atoms with van der Waals surface area (Å²) in [5.74, 6) is 2.90. The molecule has 0 bridgehead atoms. The van der Waals surface area contributed by atoms with Crippen molar-refractivity contribution in [2.45, 2.75) is 44.3 Å². The van der Waals surface area contributed by atoms with Crippen molar-refractivity contribution in [1.29, 1.82) is 0 Å². The highest BCUT2D eigenvalue weighted by Crippen LogP contribution is 2.37. The molecule has 98 valence electrons. The van der Waals surface area contributed by atoms with Gasteiger partial charge in [0.15, 0.2) is 5.96 Å². The van der Waals surface area contributed by atoms with Crippen LogP contribution in [0.25, 0.3) is 0 Å². The molecule has 2 fully saturated rings. The third-order valence-electron chi connectivity index (χ3n) is 3.98. The zero-order chi connectivity index (χ0) is 12.3. The molecule has 0 radical (unpaired) electrons. The van der Waals surface area contributed by atoms with Gasteiger partial charge in [-0.1, -0.05) is 6.92 Å². The van der Waals surface area contributed by atoms with Crippen LogP contribution in [0.2, 0.25) is 0 Å². The molecule has 1 atom stereocenters. The second-order valence-electron chi connectivity index (χ2n) is 5.75. The van der Waals surface area contributed by atoms with E-state index >= 15 is 0 Å². The fraction of sp³-hybridized carbons (Fsp3) is 0.923. The van der Waals surface area contributed by atoms with Crippen molar-refractivity contribution in [2.24, 2.45) is 16.6 Å². The van der Waals surface area contributed by atoms with E-state index in [0.29, 0.717) is 4.75 Å². The molecule has 0 aromatic carbocycles. The minimum atomic E-state index is 0.341. The van der Waals surface area contributed by atoms with Crippen molar-refractivity contribution in [1.82, 2.24) is 4.90 Å². The molecule has 2 aliphatic rings. The number of hydrogen-bond donors (Lipinski definition) is 1. The van der Waals surface area contributed by atoms with Crippen LogP contribution in [0.1, 0.15) is 39.5 Å². The quantitative estimate of drug-likeness (QED) is 0.608. The number of nitrogens with zero attached hydrogens (tertiary/aromatic N) is 2. The standard InChI is InChI=1S/C13H25N3S/c1-11-4-7-16(8-5-11)12(14)15-10-13(2)6-3-9-17-13/h11H,3-10H2,1-2H3,(H2,14,15). The van der Waals surface area contributed by atoms with Crippen LogP contribution >= 0.6 is 11.8 Å². The molecular weight excluding hydrogens is 230 g/mol. The molecule has 3 nitrogen and oxygen atoms in total. The first-order chi connectivity index (χ1) is 8.09. The Morgan fingerprint density at radius 1 is 1.47 bits per heavy atom. The van der Waals surface area contributed by atoms with Crippen LogP contribution in [0.3, 0.4) is 0 Å². The first-order valence-electron chi connectivity index (χ1n) is 6.78. The third kappa shape index (κ3) is 3.54. The van der Waals surface area contributed by atoms with Crippen molar-refractivity contribution in [3.05, 3.63) is 0 Å². The summed E-state index contributed by atoms with van der Waals surface area (Å²) in [6.07, 6.45) is 5.12. The molecule has 0 amide bonds. The molecular formula is C13H25N3S. The van der Waals surface area contributed by atoms with Gasteiger partial charge in [-0.25, -0.2) is 0 Å².